The topological polar surface area (TPSA) is 69.6 Å². The quantitative estimate of drug-likeness (QED) is 0.263. The first kappa shape index (κ1) is 34.2. The molecule has 0 saturated carbocycles. The molecule has 21 heteroatoms. The van der Waals surface area contributed by atoms with Crippen LogP contribution in [0.1, 0.15) is 19.8 Å². The summed E-state index contributed by atoms with van der Waals surface area (Å²) in [6.07, 6.45) is -12.8. The molecule has 0 aliphatic heterocycles. The van der Waals surface area contributed by atoms with Crippen LogP contribution in [-0.4, -0.2) is 82.5 Å². The molecule has 0 spiro atoms. The molecular weight excluding hydrogens is 565 g/mol. The number of aliphatic carboxylic acids is 1. The van der Waals surface area contributed by atoms with E-state index in [0.29, 0.717) is 0 Å². The number of halogens is 17. The first-order valence-corrected chi connectivity index (χ1v) is 8.89. The lowest BCUT2D eigenvalue weighted by molar-refractivity contribution is -0.464. The Bertz CT molecular complexity index is 780. The number of hydrogen-bond acceptors (Lipinski definition) is 3. The predicted octanol–water partition coefficient (Wildman–Crippen LogP) is 5.20. The lowest BCUT2D eigenvalue weighted by Gasteiger charge is -2.43. The molecule has 36 heavy (non-hydrogen) atoms. The second-order valence-corrected chi connectivity index (χ2v) is 7.17. The fourth-order valence-electron chi connectivity index (χ4n) is 2.37. The number of carboxylic acids is 1. The Morgan fingerprint density at radius 2 is 1.00 bits per heavy atom. The summed E-state index contributed by atoms with van der Waals surface area (Å²) in [4.78, 5) is 10.8. The number of carbonyl (C=O) groups is 1. The van der Waals surface area contributed by atoms with Gasteiger partial charge in [0.05, 0.1) is 0 Å². The highest BCUT2D eigenvalue weighted by atomic mass is 19.4. The van der Waals surface area contributed by atoms with Crippen molar-refractivity contribution in [2.24, 2.45) is 0 Å². The van der Waals surface area contributed by atoms with E-state index in [1.54, 1.807) is 0 Å². The third-order valence-corrected chi connectivity index (χ3v) is 4.60. The van der Waals surface area contributed by atoms with E-state index >= 15 is 0 Å². The minimum atomic E-state index is -8.76. The average Bonchev–Trinajstić information content (AvgIpc) is 2.68. The summed E-state index contributed by atoms with van der Waals surface area (Å²) in [5.74, 6) is -59.9. The van der Waals surface area contributed by atoms with Gasteiger partial charge in [-0.15, -0.1) is 0 Å². The van der Waals surface area contributed by atoms with Gasteiger partial charge in [0.25, 0.3) is 0 Å². The summed E-state index contributed by atoms with van der Waals surface area (Å²) in [6, 6.07) is -1.95. The van der Waals surface area contributed by atoms with Crippen LogP contribution in [0.25, 0.3) is 0 Å². The van der Waals surface area contributed by atoms with Crippen LogP contribution in [0.15, 0.2) is 0 Å². The Hall–Kier alpha value is -1.80. The molecule has 0 aromatic heterocycles. The van der Waals surface area contributed by atoms with E-state index in [2.05, 4.69) is 0 Å². The van der Waals surface area contributed by atoms with E-state index in [-0.39, 0.29) is 6.42 Å². The molecule has 0 unspecified atom stereocenters. The maximum Gasteiger partial charge on any atom is 0.460 e. The number of carboxylic acid groups (broad SMARTS) is 1. The molecule has 2 atom stereocenters. The van der Waals surface area contributed by atoms with Crippen molar-refractivity contribution >= 4 is 5.97 Å². The SMILES string of the molecule is CCC[C@H](NC[C@H](O)C(F)(F)C(F)(F)C(F)(F)C(F)(F)C(F)(F)C(F)(F)C(F)(F)C(F)(F)F)C(=O)O. The Balaban J connectivity index is 6.47. The first-order chi connectivity index (χ1) is 15.5. The fourth-order valence-corrected chi connectivity index (χ4v) is 2.37. The molecule has 0 aromatic carbocycles. The standard InChI is InChI=1S/C15H14F17NO3/c1-2-3-5(7(35)36)33-4-6(34)8(16,17)9(18,19)10(20,21)11(22,23)12(24,25)13(26,27)14(28,29)15(30,31)32/h5-6,33-34H,2-4H2,1H3,(H,35,36)/t5-,6-/m0/s1. The lowest BCUT2D eigenvalue weighted by Crippen LogP contribution is -2.75. The van der Waals surface area contributed by atoms with Gasteiger partial charge in [-0.05, 0) is 6.42 Å². The van der Waals surface area contributed by atoms with E-state index < -0.39 is 78.7 Å². The largest absolute Gasteiger partial charge is 0.480 e. The van der Waals surface area contributed by atoms with Crippen molar-refractivity contribution < 1.29 is 89.6 Å². The van der Waals surface area contributed by atoms with Crippen LogP contribution in [0, 0.1) is 0 Å². The van der Waals surface area contributed by atoms with Crippen LogP contribution in [0.5, 0.6) is 0 Å². The minimum absolute atomic E-state index is 0.0667. The maximum atomic E-state index is 13.8. The summed E-state index contributed by atoms with van der Waals surface area (Å²) in [6.45, 7) is -0.877. The summed E-state index contributed by atoms with van der Waals surface area (Å²) < 4.78 is 224. The second-order valence-electron chi connectivity index (χ2n) is 7.17. The molecule has 4 nitrogen and oxygen atoms in total. The van der Waals surface area contributed by atoms with Crippen molar-refractivity contribution in [1.82, 2.24) is 5.32 Å². The molecule has 216 valence electrons. The number of aliphatic hydroxyl groups excluding tert-OH is 1. The number of alkyl halides is 17. The third-order valence-electron chi connectivity index (χ3n) is 4.60. The monoisotopic (exact) mass is 579 g/mol. The third kappa shape index (κ3) is 5.00. The van der Waals surface area contributed by atoms with Gasteiger partial charge in [-0.1, -0.05) is 13.3 Å². The van der Waals surface area contributed by atoms with Crippen LogP contribution >= 0.6 is 0 Å². The molecule has 0 aliphatic carbocycles. The number of nitrogens with one attached hydrogen (secondary N) is 1. The number of hydrogen-bond donors (Lipinski definition) is 3. The van der Waals surface area contributed by atoms with Crippen molar-refractivity contribution in [3.63, 3.8) is 0 Å². The van der Waals surface area contributed by atoms with E-state index in [1.165, 1.54) is 12.2 Å². The van der Waals surface area contributed by atoms with Crippen LogP contribution in [0.3, 0.4) is 0 Å². The molecule has 0 heterocycles. The molecule has 0 saturated heterocycles. The van der Waals surface area contributed by atoms with Crippen LogP contribution < -0.4 is 5.32 Å². The van der Waals surface area contributed by atoms with Gasteiger partial charge >= 0.3 is 53.6 Å². The zero-order chi connectivity index (χ0) is 29.6. The molecule has 0 radical (unpaired) electrons. The number of rotatable bonds is 13. The second kappa shape index (κ2) is 9.82. The van der Waals surface area contributed by atoms with E-state index in [9.17, 15) is 79.4 Å². The summed E-state index contributed by atoms with van der Waals surface area (Å²) >= 11 is 0. The summed E-state index contributed by atoms with van der Waals surface area (Å²) in [7, 11) is 0. The van der Waals surface area contributed by atoms with Crippen molar-refractivity contribution in [1.29, 1.82) is 0 Å². The Morgan fingerprint density at radius 3 is 1.31 bits per heavy atom. The molecule has 3 N–H and O–H groups in total. The molecule has 0 aromatic rings. The van der Waals surface area contributed by atoms with Gasteiger partial charge in [-0.2, -0.15) is 74.6 Å². The molecule has 0 bridgehead atoms. The fraction of sp³-hybridized carbons (Fsp3) is 0.933. The minimum Gasteiger partial charge on any atom is -0.480 e. The molecular formula is C15H14F17NO3. The van der Waals surface area contributed by atoms with Crippen molar-refractivity contribution in [2.45, 2.75) is 79.5 Å². The van der Waals surface area contributed by atoms with Crippen molar-refractivity contribution in [3.05, 3.63) is 0 Å². The molecule has 0 fully saturated rings. The van der Waals surface area contributed by atoms with Gasteiger partial charge in [0.1, 0.15) is 12.1 Å². The molecule has 0 rings (SSSR count). The van der Waals surface area contributed by atoms with E-state index in [0.717, 1.165) is 0 Å². The average molecular weight is 579 g/mol. The van der Waals surface area contributed by atoms with Crippen LogP contribution in [0.2, 0.25) is 0 Å². The van der Waals surface area contributed by atoms with Gasteiger partial charge < -0.3 is 15.5 Å². The predicted molar refractivity (Wildman–Crippen MR) is 81.0 cm³/mol. The van der Waals surface area contributed by atoms with Gasteiger partial charge in [0.2, 0.25) is 0 Å². The van der Waals surface area contributed by atoms with Crippen LogP contribution in [0.4, 0.5) is 74.6 Å². The van der Waals surface area contributed by atoms with E-state index in [4.69, 9.17) is 10.2 Å². The summed E-state index contributed by atoms with van der Waals surface area (Å²) in [5, 5.41) is 19.2. The van der Waals surface area contributed by atoms with Gasteiger partial charge in [-0.25, -0.2) is 0 Å². The smallest absolute Gasteiger partial charge is 0.460 e. The molecule has 0 amide bonds. The van der Waals surface area contributed by atoms with Crippen molar-refractivity contribution in [3.8, 4) is 0 Å². The zero-order valence-corrected chi connectivity index (χ0v) is 17.0. The summed E-state index contributed by atoms with van der Waals surface area (Å²) in [5.41, 5.74) is 0. The maximum absolute atomic E-state index is 13.8. The van der Waals surface area contributed by atoms with Crippen LogP contribution in [-0.2, 0) is 4.79 Å². The van der Waals surface area contributed by atoms with Crippen molar-refractivity contribution in [2.75, 3.05) is 6.54 Å². The highest BCUT2D eigenvalue weighted by Crippen LogP contribution is 2.64. The van der Waals surface area contributed by atoms with Gasteiger partial charge in [0, 0.05) is 6.54 Å². The first-order valence-electron chi connectivity index (χ1n) is 8.89. The highest BCUT2D eigenvalue weighted by Gasteiger charge is 2.95. The normalized spacial score (nSPS) is 17.2. The highest BCUT2D eigenvalue weighted by molar-refractivity contribution is 5.73. The van der Waals surface area contributed by atoms with Gasteiger partial charge in [-0.3, -0.25) is 4.79 Å². The Kier molecular flexibility index (Phi) is 9.33. The Morgan fingerprint density at radius 1 is 0.667 bits per heavy atom. The van der Waals surface area contributed by atoms with E-state index in [1.807, 2.05) is 0 Å². The number of aliphatic hydroxyl groups is 1. The lowest BCUT2D eigenvalue weighted by atomic mass is 9.87. The van der Waals surface area contributed by atoms with Gasteiger partial charge in [0.15, 0.2) is 0 Å². The Labute approximate surface area is 188 Å². The zero-order valence-electron chi connectivity index (χ0n) is 17.0. The molecule has 0 aliphatic rings.